The zero-order chi connectivity index (χ0) is 14.8. The Morgan fingerprint density at radius 1 is 1.35 bits per heavy atom. The lowest BCUT2D eigenvalue weighted by atomic mass is 10.0. The first kappa shape index (κ1) is 15.8. The van der Waals surface area contributed by atoms with Gasteiger partial charge in [0.2, 0.25) is 0 Å². The lowest BCUT2D eigenvalue weighted by Gasteiger charge is -2.26. The van der Waals surface area contributed by atoms with Gasteiger partial charge < -0.3 is 5.32 Å². The highest BCUT2D eigenvalue weighted by molar-refractivity contribution is 6.31. The smallest absolute Gasteiger partial charge is 0.0453 e. The van der Waals surface area contributed by atoms with E-state index in [0.717, 1.165) is 24.0 Å². The van der Waals surface area contributed by atoms with Crippen molar-refractivity contribution in [3.63, 3.8) is 0 Å². The molecule has 0 saturated carbocycles. The van der Waals surface area contributed by atoms with E-state index >= 15 is 0 Å². The van der Waals surface area contributed by atoms with Crippen molar-refractivity contribution in [3.8, 4) is 0 Å². The molecule has 0 aromatic heterocycles. The number of nitrogens with one attached hydrogen (secondary N) is 1. The van der Waals surface area contributed by atoms with E-state index in [-0.39, 0.29) is 5.54 Å². The molecule has 20 heavy (non-hydrogen) atoms. The Hall–Kier alpha value is -0.570. The summed E-state index contributed by atoms with van der Waals surface area (Å²) in [4.78, 5) is 2.55. The maximum atomic E-state index is 6.32. The van der Waals surface area contributed by atoms with E-state index in [1.54, 1.807) is 0 Å². The van der Waals surface area contributed by atoms with E-state index in [4.69, 9.17) is 11.6 Å². The summed E-state index contributed by atoms with van der Waals surface area (Å²) in [6.07, 6.45) is 1.28. The van der Waals surface area contributed by atoms with Crippen LogP contribution in [0, 0.1) is 5.92 Å². The van der Waals surface area contributed by atoms with Crippen LogP contribution in [0.25, 0.3) is 0 Å². The Balaban J connectivity index is 1.91. The molecule has 0 aliphatic carbocycles. The maximum Gasteiger partial charge on any atom is 0.0453 e. The van der Waals surface area contributed by atoms with Crippen molar-refractivity contribution in [1.82, 2.24) is 10.2 Å². The minimum absolute atomic E-state index is 0.210. The first-order valence-electron chi connectivity index (χ1n) is 7.60. The molecule has 3 heteroatoms. The molecule has 2 unspecified atom stereocenters. The van der Waals surface area contributed by atoms with E-state index < -0.39 is 0 Å². The summed E-state index contributed by atoms with van der Waals surface area (Å²) in [7, 11) is 0. The standard InChI is InChI=1S/C17H27ClN2/c1-13(15-7-5-6-8-16(15)18)20-10-9-14(12-20)11-19-17(2,3)4/h5-8,13-14,19H,9-12H2,1-4H3. The molecular formula is C17H27ClN2. The average molecular weight is 295 g/mol. The SMILES string of the molecule is CC(c1ccccc1Cl)N1CCC(CNC(C)(C)C)C1. The summed E-state index contributed by atoms with van der Waals surface area (Å²) in [5.41, 5.74) is 1.46. The fraction of sp³-hybridized carbons (Fsp3) is 0.647. The van der Waals surface area contributed by atoms with Gasteiger partial charge in [0.25, 0.3) is 0 Å². The van der Waals surface area contributed by atoms with Crippen LogP contribution in [0.1, 0.15) is 45.7 Å². The number of rotatable bonds is 4. The molecule has 2 nitrogen and oxygen atoms in total. The summed E-state index contributed by atoms with van der Waals surface area (Å²) >= 11 is 6.32. The summed E-state index contributed by atoms with van der Waals surface area (Å²) in [5, 5.41) is 4.51. The molecule has 1 aromatic rings. The predicted octanol–water partition coefficient (Wildman–Crippen LogP) is 4.11. The molecular weight excluding hydrogens is 268 g/mol. The van der Waals surface area contributed by atoms with Crippen LogP contribution in [-0.4, -0.2) is 30.1 Å². The molecule has 0 spiro atoms. The van der Waals surface area contributed by atoms with E-state index in [1.165, 1.54) is 18.5 Å². The predicted molar refractivity (Wildman–Crippen MR) is 87.3 cm³/mol. The van der Waals surface area contributed by atoms with E-state index in [0.29, 0.717) is 6.04 Å². The zero-order valence-corrected chi connectivity index (χ0v) is 13.9. The van der Waals surface area contributed by atoms with Crippen molar-refractivity contribution in [1.29, 1.82) is 0 Å². The van der Waals surface area contributed by atoms with Crippen molar-refractivity contribution in [2.45, 2.75) is 45.7 Å². The highest BCUT2D eigenvalue weighted by Gasteiger charge is 2.28. The molecule has 1 saturated heterocycles. The molecule has 2 rings (SSSR count). The van der Waals surface area contributed by atoms with Gasteiger partial charge in [-0.3, -0.25) is 4.90 Å². The molecule has 112 valence electrons. The van der Waals surface area contributed by atoms with Gasteiger partial charge in [0.1, 0.15) is 0 Å². The monoisotopic (exact) mass is 294 g/mol. The molecule has 1 aliphatic heterocycles. The second kappa shape index (κ2) is 6.46. The number of hydrogen-bond donors (Lipinski definition) is 1. The van der Waals surface area contributed by atoms with E-state index in [9.17, 15) is 0 Å². The van der Waals surface area contributed by atoms with Crippen molar-refractivity contribution >= 4 is 11.6 Å². The minimum Gasteiger partial charge on any atom is -0.312 e. The summed E-state index contributed by atoms with van der Waals surface area (Å²) in [5.74, 6) is 0.749. The quantitative estimate of drug-likeness (QED) is 0.899. The highest BCUT2D eigenvalue weighted by Crippen LogP contribution is 2.31. The first-order chi connectivity index (χ1) is 9.37. The van der Waals surface area contributed by atoms with Crippen molar-refractivity contribution in [2.24, 2.45) is 5.92 Å². The number of benzene rings is 1. The first-order valence-corrected chi connectivity index (χ1v) is 7.98. The van der Waals surface area contributed by atoms with Crippen LogP contribution in [0.3, 0.4) is 0 Å². The summed E-state index contributed by atoms with van der Waals surface area (Å²) in [6, 6.07) is 8.62. The lowest BCUT2D eigenvalue weighted by Crippen LogP contribution is -2.39. The Labute approximate surface area is 128 Å². The normalized spacial score (nSPS) is 22.1. The number of likely N-dealkylation sites (tertiary alicyclic amines) is 1. The molecule has 0 amide bonds. The Morgan fingerprint density at radius 2 is 2.05 bits per heavy atom. The second-order valence-electron chi connectivity index (χ2n) is 6.98. The van der Waals surface area contributed by atoms with Gasteiger partial charge >= 0.3 is 0 Å². The molecule has 1 N–H and O–H groups in total. The third-order valence-corrected chi connectivity index (χ3v) is 4.49. The van der Waals surface area contributed by atoms with Crippen molar-refractivity contribution in [2.75, 3.05) is 19.6 Å². The molecule has 0 bridgehead atoms. The number of hydrogen-bond acceptors (Lipinski definition) is 2. The van der Waals surface area contributed by atoms with Crippen LogP contribution in [0.2, 0.25) is 5.02 Å². The van der Waals surface area contributed by atoms with Gasteiger partial charge in [0, 0.05) is 23.1 Å². The Kier molecular flexibility index (Phi) is 5.11. The Morgan fingerprint density at radius 3 is 2.70 bits per heavy atom. The second-order valence-corrected chi connectivity index (χ2v) is 7.39. The third-order valence-electron chi connectivity index (χ3n) is 4.14. The molecule has 2 atom stereocenters. The van der Waals surface area contributed by atoms with Crippen LogP contribution < -0.4 is 5.32 Å². The van der Waals surface area contributed by atoms with Gasteiger partial charge in [-0.25, -0.2) is 0 Å². The number of nitrogens with zero attached hydrogens (tertiary/aromatic N) is 1. The van der Waals surface area contributed by atoms with E-state index in [2.05, 4.69) is 50.0 Å². The van der Waals surface area contributed by atoms with Gasteiger partial charge in [-0.15, -0.1) is 0 Å². The largest absolute Gasteiger partial charge is 0.312 e. The van der Waals surface area contributed by atoms with E-state index in [1.807, 2.05) is 12.1 Å². The van der Waals surface area contributed by atoms with Gasteiger partial charge in [0.05, 0.1) is 0 Å². The van der Waals surface area contributed by atoms with Crippen LogP contribution in [-0.2, 0) is 0 Å². The summed E-state index contributed by atoms with van der Waals surface area (Å²) in [6.45, 7) is 12.4. The van der Waals surface area contributed by atoms with Crippen LogP contribution in [0.4, 0.5) is 0 Å². The highest BCUT2D eigenvalue weighted by atomic mass is 35.5. The lowest BCUT2D eigenvalue weighted by molar-refractivity contribution is 0.248. The molecule has 1 heterocycles. The van der Waals surface area contributed by atoms with Crippen LogP contribution in [0.5, 0.6) is 0 Å². The third kappa shape index (κ3) is 4.21. The average Bonchev–Trinajstić information content (AvgIpc) is 2.84. The fourth-order valence-corrected chi connectivity index (χ4v) is 3.14. The maximum absolute atomic E-state index is 6.32. The van der Waals surface area contributed by atoms with Gasteiger partial charge in [-0.1, -0.05) is 29.8 Å². The molecule has 1 aromatic carbocycles. The molecule has 1 fully saturated rings. The molecule has 1 aliphatic rings. The van der Waals surface area contributed by atoms with Gasteiger partial charge in [-0.2, -0.15) is 0 Å². The van der Waals surface area contributed by atoms with Crippen LogP contribution in [0.15, 0.2) is 24.3 Å². The summed E-state index contributed by atoms with van der Waals surface area (Å²) < 4.78 is 0. The van der Waals surface area contributed by atoms with Gasteiger partial charge in [0.15, 0.2) is 0 Å². The van der Waals surface area contributed by atoms with Crippen LogP contribution >= 0.6 is 11.6 Å². The number of halogens is 1. The van der Waals surface area contributed by atoms with Crippen molar-refractivity contribution in [3.05, 3.63) is 34.9 Å². The topological polar surface area (TPSA) is 15.3 Å². The van der Waals surface area contributed by atoms with Gasteiger partial charge in [-0.05, 0) is 64.8 Å². The fourth-order valence-electron chi connectivity index (χ4n) is 2.84. The molecule has 0 radical (unpaired) electrons. The Bertz CT molecular complexity index is 439. The zero-order valence-electron chi connectivity index (χ0n) is 13.1. The minimum atomic E-state index is 0.210. The van der Waals surface area contributed by atoms with Crippen molar-refractivity contribution < 1.29 is 0 Å².